The van der Waals surface area contributed by atoms with Gasteiger partial charge in [-0.2, -0.15) is 4.68 Å². The topological polar surface area (TPSA) is 72.7 Å². The molecule has 1 aromatic heterocycles. The lowest BCUT2D eigenvalue weighted by atomic mass is 10.1. The molecule has 6 nitrogen and oxygen atoms in total. The molecule has 1 amide bonds. The summed E-state index contributed by atoms with van der Waals surface area (Å²) in [5.41, 5.74) is 4.31. The average Bonchev–Trinajstić information content (AvgIpc) is 3.11. The van der Waals surface area contributed by atoms with Gasteiger partial charge < -0.3 is 5.32 Å². The van der Waals surface area contributed by atoms with Gasteiger partial charge in [-0.3, -0.25) is 4.79 Å². The van der Waals surface area contributed by atoms with Crippen LogP contribution in [0.3, 0.4) is 0 Å². The Morgan fingerprint density at radius 1 is 1.19 bits per heavy atom. The van der Waals surface area contributed by atoms with Gasteiger partial charge >= 0.3 is 0 Å². The Balaban J connectivity index is 1.62. The highest BCUT2D eigenvalue weighted by Crippen LogP contribution is 2.21. The van der Waals surface area contributed by atoms with Crippen LogP contribution in [-0.2, 0) is 4.79 Å². The van der Waals surface area contributed by atoms with Gasteiger partial charge in [-0.1, -0.05) is 45.9 Å². The summed E-state index contributed by atoms with van der Waals surface area (Å²) in [6.45, 7) is 6.07. The summed E-state index contributed by atoms with van der Waals surface area (Å²) in [6, 6.07) is 13.9. The maximum absolute atomic E-state index is 12.3. The van der Waals surface area contributed by atoms with Crippen LogP contribution in [0.2, 0.25) is 0 Å². The van der Waals surface area contributed by atoms with E-state index in [2.05, 4.69) is 43.7 Å². The quantitative estimate of drug-likeness (QED) is 0.580. The molecule has 0 aliphatic carbocycles. The number of nitrogens with zero attached hydrogens (tertiary/aromatic N) is 4. The molecule has 1 N–H and O–H groups in total. The molecule has 3 aromatic rings. The minimum Gasteiger partial charge on any atom is -0.349 e. The zero-order valence-electron chi connectivity index (χ0n) is 15.3. The zero-order chi connectivity index (χ0) is 19.4. The largest absolute Gasteiger partial charge is 0.349 e. The van der Waals surface area contributed by atoms with Gasteiger partial charge in [-0.05, 0) is 72.2 Å². The number of thioether (sulfide) groups is 1. The molecule has 0 radical (unpaired) electrons. The second-order valence-electron chi connectivity index (χ2n) is 6.27. The number of aryl methyl sites for hydroxylation is 2. The van der Waals surface area contributed by atoms with Crippen molar-refractivity contribution in [3.63, 3.8) is 0 Å². The van der Waals surface area contributed by atoms with Gasteiger partial charge in [0, 0.05) is 4.47 Å². The van der Waals surface area contributed by atoms with Crippen molar-refractivity contribution in [1.29, 1.82) is 0 Å². The molecule has 0 spiro atoms. The Labute approximate surface area is 170 Å². The molecule has 0 saturated heterocycles. The first kappa shape index (κ1) is 19.6. The van der Waals surface area contributed by atoms with Gasteiger partial charge in [0.15, 0.2) is 0 Å². The molecule has 0 aliphatic heterocycles. The van der Waals surface area contributed by atoms with Crippen LogP contribution < -0.4 is 5.32 Å². The minimum atomic E-state index is -0.0676. The Morgan fingerprint density at radius 2 is 1.93 bits per heavy atom. The smallest absolute Gasteiger partial charge is 0.230 e. The second-order valence-corrected chi connectivity index (χ2v) is 8.13. The van der Waals surface area contributed by atoms with E-state index in [9.17, 15) is 4.79 Å². The number of rotatable bonds is 6. The van der Waals surface area contributed by atoms with Gasteiger partial charge in [0.05, 0.1) is 17.5 Å². The van der Waals surface area contributed by atoms with Crippen LogP contribution >= 0.6 is 27.7 Å². The van der Waals surface area contributed by atoms with E-state index in [1.807, 2.05) is 56.3 Å². The Hall–Kier alpha value is -2.19. The molecule has 3 rings (SSSR count). The number of aromatic nitrogens is 4. The fraction of sp³-hybridized carbons (Fsp3) is 0.263. The molecule has 27 heavy (non-hydrogen) atoms. The van der Waals surface area contributed by atoms with Crippen molar-refractivity contribution in [2.75, 3.05) is 5.75 Å². The third kappa shape index (κ3) is 4.95. The van der Waals surface area contributed by atoms with E-state index < -0.39 is 0 Å². The fourth-order valence-corrected chi connectivity index (χ4v) is 3.50. The van der Waals surface area contributed by atoms with E-state index >= 15 is 0 Å². The van der Waals surface area contributed by atoms with Crippen LogP contribution in [0.5, 0.6) is 0 Å². The van der Waals surface area contributed by atoms with Crippen LogP contribution in [0.15, 0.2) is 52.1 Å². The Bertz CT molecular complexity index is 942. The van der Waals surface area contributed by atoms with Crippen molar-refractivity contribution in [2.24, 2.45) is 0 Å². The number of carbonyl (C=O) groups excluding carboxylic acids is 1. The molecule has 0 saturated carbocycles. The first-order valence-electron chi connectivity index (χ1n) is 8.47. The summed E-state index contributed by atoms with van der Waals surface area (Å²) in [5, 5.41) is 15.4. The van der Waals surface area contributed by atoms with E-state index in [0.29, 0.717) is 5.16 Å². The lowest BCUT2D eigenvalue weighted by Gasteiger charge is -2.14. The molecule has 1 atom stereocenters. The zero-order valence-corrected chi connectivity index (χ0v) is 17.7. The van der Waals surface area contributed by atoms with Gasteiger partial charge in [-0.25, -0.2) is 0 Å². The number of hydrogen-bond donors (Lipinski definition) is 1. The average molecular weight is 446 g/mol. The van der Waals surface area contributed by atoms with Crippen molar-refractivity contribution in [3.05, 3.63) is 63.6 Å². The molecule has 1 heterocycles. The lowest BCUT2D eigenvalue weighted by Crippen LogP contribution is -2.28. The first-order valence-corrected chi connectivity index (χ1v) is 10.3. The van der Waals surface area contributed by atoms with Crippen LogP contribution in [0.1, 0.15) is 29.7 Å². The number of nitrogens with one attached hydrogen (secondary N) is 1. The van der Waals surface area contributed by atoms with Crippen molar-refractivity contribution in [1.82, 2.24) is 25.5 Å². The summed E-state index contributed by atoms with van der Waals surface area (Å²) in [5.74, 6) is 0.177. The van der Waals surface area contributed by atoms with Crippen LogP contribution in [-0.4, -0.2) is 31.9 Å². The third-order valence-electron chi connectivity index (χ3n) is 4.26. The van der Waals surface area contributed by atoms with Crippen molar-refractivity contribution in [2.45, 2.75) is 32.0 Å². The normalized spacial score (nSPS) is 12.0. The first-order chi connectivity index (χ1) is 12.9. The molecular formula is C19H20BrN5OS. The number of carbonyl (C=O) groups is 1. The SMILES string of the molecule is Cc1ccc(-n2nnnc2SCC(=O)NC(C)c2ccc(Br)cc2)cc1C. The van der Waals surface area contributed by atoms with Gasteiger partial charge in [0.2, 0.25) is 11.1 Å². The van der Waals surface area contributed by atoms with E-state index in [-0.39, 0.29) is 17.7 Å². The highest BCUT2D eigenvalue weighted by atomic mass is 79.9. The van der Waals surface area contributed by atoms with E-state index in [4.69, 9.17) is 0 Å². The summed E-state index contributed by atoms with van der Waals surface area (Å²) >= 11 is 4.73. The number of hydrogen-bond acceptors (Lipinski definition) is 5. The maximum atomic E-state index is 12.3. The van der Waals surface area contributed by atoms with Crippen molar-refractivity contribution >= 4 is 33.6 Å². The highest BCUT2D eigenvalue weighted by molar-refractivity contribution is 9.10. The molecule has 2 aromatic carbocycles. The van der Waals surface area contributed by atoms with E-state index in [0.717, 1.165) is 15.7 Å². The van der Waals surface area contributed by atoms with Crippen LogP contribution in [0.4, 0.5) is 0 Å². The fourth-order valence-electron chi connectivity index (χ4n) is 2.54. The molecule has 0 fully saturated rings. The number of tetrazole rings is 1. The van der Waals surface area contributed by atoms with Crippen LogP contribution in [0.25, 0.3) is 5.69 Å². The summed E-state index contributed by atoms with van der Waals surface area (Å²) in [4.78, 5) is 12.3. The molecule has 1 unspecified atom stereocenters. The second kappa shape index (κ2) is 8.67. The highest BCUT2D eigenvalue weighted by Gasteiger charge is 2.14. The lowest BCUT2D eigenvalue weighted by molar-refractivity contribution is -0.119. The third-order valence-corrected chi connectivity index (χ3v) is 5.70. The van der Waals surface area contributed by atoms with Crippen LogP contribution in [0, 0.1) is 13.8 Å². The summed E-state index contributed by atoms with van der Waals surface area (Å²) in [7, 11) is 0. The molecule has 0 aliphatic rings. The van der Waals surface area contributed by atoms with E-state index in [1.54, 1.807) is 4.68 Å². The van der Waals surface area contributed by atoms with Gasteiger partial charge in [0.25, 0.3) is 0 Å². The predicted octanol–water partition coefficient (Wildman–Crippen LogP) is 4.01. The van der Waals surface area contributed by atoms with Crippen molar-refractivity contribution < 1.29 is 4.79 Å². The molecule has 8 heteroatoms. The molecule has 140 valence electrons. The Kier molecular flexibility index (Phi) is 6.28. The summed E-state index contributed by atoms with van der Waals surface area (Å²) in [6.07, 6.45) is 0. The van der Waals surface area contributed by atoms with E-state index in [1.165, 1.54) is 22.9 Å². The summed E-state index contributed by atoms with van der Waals surface area (Å²) < 4.78 is 2.67. The van der Waals surface area contributed by atoms with Gasteiger partial charge in [-0.15, -0.1) is 5.10 Å². The Morgan fingerprint density at radius 3 is 2.63 bits per heavy atom. The monoisotopic (exact) mass is 445 g/mol. The van der Waals surface area contributed by atoms with Crippen molar-refractivity contribution in [3.8, 4) is 5.69 Å². The maximum Gasteiger partial charge on any atom is 0.230 e. The standard InChI is InChI=1S/C19H20BrN5OS/c1-12-4-9-17(10-13(12)2)25-19(22-23-24-25)27-11-18(26)21-14(3)15-5-7-16(20)8-6-15/h4-10,14H,11H2,1-3H3,(H,21,26). The number of benzene rings is 2. The molecular weight excluding hydrogens is 426 g/mol. The predicted molar refractivity (Wildman–Crippen MR) is 110 cm³/mol. The minimum absolute atomic E-state index is 0.0648. The van der Waals surface area contributed by atoms with Gasteiger partial charge in [0.1, 0.15) is 0 Å². The number of amides is 1. The molecule has 0 bridgehead atoms. The number of halogens is 1.